The number of hydrogen-bond donors (Lipinski definition) is 0. The molecule has 1 heteroatoms. The average molecular weight is 312 g/mol. The smallest absolute Gasteiger partial charge is 0.00187 e. The highest BCUT2D eigenvalue weighted by atomic mass is 15.1. The molecule has 0 aliphatic heterocycles. The van der Waals surface area contributed by atoms with Gasteiger partial charge in [-0.1, -0.05) is 91.9 Å². The third kappa shape index (κ3) is 16.3. The predicted octanol–water partition coefficient (Wildman–Crippen LogP) is 7.06. The van der Waals surface area contributed by atoms with Crippen molar-refractivity contribution in [3.05, 3.63) is 0 Å². The van der Waals surface area contributed by atoms with Crippen LogP contribution >= 0.6 is 0 Å². The van der Waals surface area contributed by atoms with Crippen LogP contribution in [0.25, 0.3) is 0 Å². The van der Waals surface area contributed by atoms with Crippen molar-refractivity contribution in [2.75, 3.05) is 19.6 Å². The van der Waals surface area contributed by atoms with Gasteiger partial charge in [-0.05, 0) is 44.8 Å². The lowest BCUT2D eigenvalue weighted by Crippen LogP contribution is -2.27. The summed E-state index contributed by atoms with van der Waals surface area (Å²) in [5, 5.41) is 0. The molecule has 0 fully saturated rings. The molecule has 0 saturated heterocycles. The van der Waals surface area contributed by atoms with Crippen LogP contribution in [0, 0.1) is 5.92 Å². The van der Waals surface area contributed by atoms with Gasteiger partial charge in [-0.15, -0.1) is 0 Å². The first-order valence-electron chi connectivity index (χ1n) is 10.4. The maximum absolute atomic E-state index is 2.76. The lowest BCUT2D eigenvalue weighted by Gasteiger charge is -2.22. The second-order valence-corrected chi connectivity index (χ2v) is 7.56. The Bertz CT molecular complexity index is 188. The molecule has 134 valence electrons. The van der Waals surface area contributed by atoms with Crippen LogP contribution in [0.15, 0.2) is 0 Å². The monoisotopic (exact) mass is 311 g/mol. The van der Waals surface area contributed by atoms with E-state index in [1.165, 1.54) is 103 Å². The van der Waals surface area contributed by atoms with Crippen molar-refractivity contribution in [3.8, 4) is 0 Å². The molecular weight excluding hydrogens is 266 g/mol. The molecule has 0 aromatic rings. The molecule has 0 saturated carbocycles. The van der Waals surface area contributed by atoms with E-state index in [-0.39, 0.29) is 0 Å². The van der Waals surface area contributed by atoms with Gasteiger partial charge in [0.15, 0.2) is 0 Å². The fraction of sp³-hybridized carbons (Fsp3) is 1.00. The molecule has 0 aromatic heterocycles. The summed E-state index contributed by atoms with van der Waals surface area (Å²) < 4.78 is 0. The van der Waals surface area contributed by atoms with Crippen LogP contribution in [0.2, 0.25) is 0 Å². The summed E-state index contributed by atoms with van der Waals surface area (Å²) in [4.78, 5) is 2.76. The predicted molar refractivity (Wildman–Crippen MR) is 103 cm³/mol. The molecule has 0 atom stereocenters. The highest BCUT2D eigenvalue weighted by Gasteiger charge is 2.04. The Hall–Kier alpha value is -0.0400. The second kappa shape index (κ2) is 17.3. The highest BCUT2D eigenvalue weighted by molar-refractivity contribution is 4.60. The zero-order valence-electron chi connectivity index (χ0n) is 16.3. The van der Waals surface area contributed by atoms with Gasteiger partial charge in [0.2, 0.25) is 0 Å². The van der Waals surface area contributed by atoms with Crippen LogP contribution in [-0.4, -0.2) is 24.5 Å². The number of nitrogens with zero attached hydrogens (tertiary/aromatic N) is 1. The van der Waals surface area contributed by atoms with E-state index >= 15 is 0 Å². The molecule has 1 nitrogen and oxygen atoms in total. The summed E-state index contributed by atoms with van der Waals surface area (Å²) in [5.74, 6) is 0.883. The second-order valence-electron chi connectivity index (χ2n) is 7.56. The Balaban J connectivity index is 3.70. The lowest BCUT2D eigenvalue weighted by molar-refractivity contribution is 0.254. The summed E-state index contributed by atoms with van der Waals surface area (Å²) >= 11 is 0. The van der Waals surface area contributed by atoms with E-state index in [2.05, 4.69) is 32.6 Å². The number of hydrogen-bond acceptors (Lipinski definition) is 1. The molecular formula is C21H45N. The van der Waals surface area contributed by atoms with Crippen molar-refractivity contribution in [2.24, 2.45) is 5.92 Å². The van der Waals surface area contributed by atoms with E-state index in [4.69, 9.17) is 0 Å². The molecule has 0 N–H and O–H groups in total. The van der Waals surface area contributed by atoms with Crippen molar-refractivity contribution >= 4 is 0 Å². The normalized spacial score (nSPS) is 11.7. The maximum atomic E-state index is 2.76. The fourth-order valence-corrected chi connectivity index (χ4v) is 3.10. The molecule has 0 radical (unpaired) electrons. The molecule has 0 bridgehead atoms. The average Bonchev–Trinajstić information content (AvgIpc) is 2.50. The number of unbranched alkanes of at least 4 members (excludes halogenated alkanes) is 9. The molecule has 0 unspecified atom stereocenters. The Kier molecular flexibility index (Phi) is 17.3. The topological polar surface area (TPSA) is 3.24 Å². The van der Waals surface area contributed by atoms with Gasteiger partial charge in [0.05, 0.1) is 0 Å². The van der Waals surface area contributed by atoms with Gasteiger partial charge in [-0.25, -0.2) is 0 Å². The summed E-state index contributed by atoms with van der Waals surface area (Å²) in [6.45, 7) is 13.3. The first-order valence-corrected chi connectivity index (χ1v) is 10.4. The maximum Gasteiger partial charge on any atom is -0.00187 e. The quantitative estimate of drug-likeness (QED) is 0.260. The molecule has 0 aromatic carbocycles. The third-order valence-corrected chi connectivity index (χ3v) is 4.66. The van der Waals surface area contributed by atoms with Gasteiger partial charge in [-0.3, -0.25) is 0 Å². The van der Waals surface area contributed by atoms with Crippen molar-refractivity contribution in [1.29, 1.82) is 0 Å². The Labute approximate surface area is 142 Å². The van der Waals surface area contributed by atoms with Crippen molar-refractivity contribution in [3.63, 3.8) is 0 Å². The highest BCUT2D eigenvalue weighted by Crippen LogP contribution is 2.11. The minimum Gasteiger partial charge on any atom is -0.303 e. The summed E-state index contributed by atoms with van der Waals surface area (Å²) in [6, 6.07) is 0. The molecule has 0 amide bonds. The third-order valence-electron chi connectivity index (χ3n) is 4.66. The van der Waals surface area contributed by atoms with Crippen molar-refractivity contribution < 1.29 is 0 Å². The first-order chi connectivity index (χ1) is 10.7. The van der Waals surface area contributed by atoms with Crippen LogP contribution in [-0.2, 0) is 0 Å². The molecule has 0 aliphatic rings. The largest absolute Gasteiger partial charge is 0.303 e. The van der Waals surface area contributed by atoms with E-state index in [0.717, 1.165) is 5.92 Å². The zero-order valence-corrected chi connectivity index (χ0v) is 16.3. The van der Waals surface area contributed by atoms with Crippen LogP contribution < -0.4 is 0 Å². The van der Waals surface area contributed by atoms with Gasteiger partial charge in [0, 0.05) is 0 Å². The van der Waals surface area contributed by atoms with Crippen LogP contribution in [0.4, 0.5) is 0 Å². The van der Waals surface area contributed by atoms with Crippen molar-refractivity contribution in [1.82, 2.24) is 4.90 Å². The van der Waals surface area contributed by atoms with Gasteiger partial charge in [0.1, 0.15) is 0 Å². The lowest BCUT2D eigenvalue weighted by atomic mass is 10.0. The van der Waals surface area contributed by atoms with Crippen LogP contribution in [0.3, 0.4) is 0 Å². The SMILES string of the molecule is CCCCCCN(CCCCCC)CCCCCCC(C)C. The number of rotatable bonds is 17. The van der Waals surface area contributed by atoms with E-state index < -0.39 is 0 Å². The minimum atomic E-state index is 0.883. The summed E-state index contributed by atoms with van der Waals surface area (Å²) in [6.07, 6.45) is 18.4. The standard InChI is InChI=1S/C21H45N/c1-5-7-9-14-18-22(19-15-10-8-6-2)20-16-12-11-13-17-21(3)4/h21H,5-20H2,1-4H3. The fourth-order valence-electron chi connectivity index (χ4n) is 3.10. The Morgan fingerprint density at radius 3 is 1.36 bits per heavy atom. The Morgan fingerprint density at radius 2 is 0.955 bits per heavy atom. The summed E-state index contributed by atoms with van der Waals surface area (Å²) in [7, 11) is 0. The summed E-state index contributed by atoms with van der Waals surface area (Å²) in [5.41, 5.74) is 0. The molecule has 0 heterocycles. The van der Waals surface area contributed by atoms with Gasteiger partial charge in [-0.2, -0.15) is 0 Å². The van der Waals surface area contributed by atoms with E-state index in [9.17, 15) is 0 Å². The van der Waals surface area contributed by atoms with Gasteiger partial charge >= 0.3 is 0 Å². The zero-order chi connectivity index (χ0) is 16.5. The van der Waals surface area contributed by atoms with Gasteiger partial charge in [0.25, 0.3) is 0 Å². The molecule has 0 rings (SSSR count). The van der Waals surface area contributed by atoms with Crippen molar-refractivity contribution in [2.45, 2.75) is 111 Å². The minimum absolute atomic E-state index is 0.883. The van der Waals surface area contributed by atoms with Crippen LogP contribution in [0.1, 0.15) is 111 Å². The van der Waals surface area contributed by atoms with E-state index in [0.29, 0.717) is 0 Å². The molecule has 0 aliphatic carbocycles. The van der Waals surface area contributed by atoms with Gasteiger partial charge < -0.3 is 4.90 Å². The van der Waals surface area contributed by atoms with Crippen LogP contribution in [0.5, 0.6) is 0 Å². The van der Waals surface area contributed by atoms with E-state index in [1.54, 1.807) is 0 Å². The Morgan fingerprint density at radius 1 is 0.545 bits per heavy atom. The molecule has 0 spiro atoms. The van der Waals surface area contributed by atoms with E-state index in [1.807, 2.05) is 0 Å². The molecule has 22 heavy (non-hydrogen) atoms. The first kappa shape index (κ1) is 22.0.